The van der Waals surface area contributed by atoms with Gasteiger partial charge >= 0.3 is 11.9 Å². The Morgan fingerprint density at radius 3 is 2.19 bits per heavy atom. The van der Waals surface area contributed by atoms with Crippen molar-refractivity contribution in [3.63, 3.8) is 0 Å². The van der Waals surface area contributed by atoms with Gasteiger partial charge < -0.3 is 67.1 Å². The standard InChI is InChI=1S/C42H62O16/c1-19-33(43)27(47-6)16-30(51-19)56-35-20(2)52-31(17-28(35)48-7)57-36-21(3)53-40(34(44)37(36)49-8)54-23-13-14-41(4)22(15-23)9-10-24-26(41)12-11-25-32-29(55-38(24)45)18-50-42(32,5)58-39(25)46/h9,11,19-21,23-24,26-37,40,43-44H,10,12-18H2,1-8H3/b25-11+/t19-,20+,21-,23-,24-,26+,27+,28+,29-,30+,31+,32+,33-,34-,35+,36-,37-,40+,41-,42-/m1/s1. The van der Waals surface area contributed by atoms with Gasteiger partial charge in [0.1, 0.15) is 36.6 Å². The van der Waals surface area contributed by atoms with Crippen LogP contribution >= 0.6 is 0 Å². The topological polar surface area (TPSA) is 185 Å². The van der Waals surface area contributed by atoms with Gasteiger partial charge in [0.15, 0.2) is 18.9 Å². The van der Waals surface area contributed by atoms with Gasteiger partial charge in [0.2, 0.25) is 5.79 Å². The molecule has 8 aliphatic rings. The second-order valence-corrected chi connectivity index (χ2v) is 17.8. The largest absolute Gasteiger partial charge is 0.459 e. The first kappa shape index (κ1) is 42.6. The third-order valence-corrected chi connectivity index (χ3v) is 14.4. The van der Waals surface area contributed by atoms with Gasteiger partial charge in [0.25, 0.3) is 0 Å². The normalized spacial score (nSPS) is 51.4. The number of methoxy groups -OCH3 is 3. The van der Waals surface area contributed by atoms with E-state index in [9.17, 15) is 19.8 Å². The van der Waals surface area contributed by atoms with Crippen molar-refractivity contribution in [2.24, 2.45) is 23.2 Å². The molecule has 16 heteroatoms. The highest BCUT2D eigenvalue weighted by Gasteiger charge is 2.61. The Labute approximate surface area is 340 Å². The van der Waals surface area contributed by atoms with Crippen LogP contribution in [0.4, 0.5) is 0 Å². The molecular weight excluding hydrogens is 760 g/mol. The minimum atomic E-state index is -1.16. The molecule has 2 N–H and O–H groups in total. The molecule has 16 nitrogen and oxygen atoms in total. The third-order valence-electron chi connectivity index (χ3n) is 14.4. The van der Waals surface area contributed by atoms with E-state index in [-0.39, 0.29) is 35.9 Å². The summed E-state index contributed by atoms with van der Waals surface area (Å²) in [7, 11) is 4.70. The van der Waals surface area contributed by atoms with Gasteiger partial charge in [-0.05, 0) is 64.2 Å². The molecule has 0 aromatic carbocycles. The molecule has 8 rings (SSSR count). The van der Waals surface area contributed by atoms with E-state index in [2.05, 4.69) is 13.0 Å². The number of rotatable bonds is 9. The summed E-state index contributed by atoms with van der Waals surface area (Å²) >= 11 is 0. The first-order valence-electron chi connectivity index (χ1n) is 21.0. The molecular formula is C42H62O16. The molecule has 5 saturated heterocycles. The summed E-state index contributed by atoms with van der Waals surface area (Å²) in [6.45, 7) is 9.66. The van der Waals surface area contributed by atoms with Crippen LogP contribution in [0.2, 0.25) is 0 Å². The predicted octanol–water partition coefficient (Wildman–Crippen LogP) is 2.84. The highest BCUT2D eigenvalue weighted by atomic mass is 16.8. The molecule has 0 aromatic heterocycles. The summed E-state index contributed by atoms with van der Waals surface area (Å²) in [6.07, 6.45) is -1.34. The number of fused-ring (bicyclic) bond motifs is 3. The van der Waals surface area contributed by atoms with Crippen LogP contribution < -0.4 is 0 Å². The molecule has 0 spiro atoms. The molecule has 0 aromatic rings. The number of carbonyl (C=O) groups excluding carboxylic acids is 2. The average molecular weight is 823 g/mol. The van der Waals surface area contributed by atoms with Crippen LogP contribution in [0.5, 0.6) is 0 Å². The molecule has 6 fully saturated rings. The highest BCUT2D eigenvalue weighted by molar-refractivity contribution is 5.92. The van der Waals surface area contributed by atoms with Crippen LogP contribution in [0.3, 0.4) is 0 Å². The van der Waals surface area contributed by atoms with Crippen LogP contribution in [0.25, 0.3) is 0 Å². The molecule has 6 aliphatic heterocycles. The Morgan fingerprint density at radius 1 is 0.776 bits per heavy atom. The fourth-order valence-electron chi connectivity index (χ4n) is 11.1. The lowest BCUT2D eigenvalue weighted by Crippen LogP contribution is -2.61. The Bertz CT molecular complexity index is 1590. The lowest BCUT2D eigenvalue weighted by atomic mass is 9.55. The van der Waals surface area contributed by atoms with Crippen molar-refractivity contribution >= 4 is 11.9 Å². The third kappa shape index (κ3) is 7.61. The van der Waals surface area contributed by atoms with Gasteiger partial charge in [-0.1, -0.05) is 24.6 Å². The smallest absolute Gasteiger partial charge is 0.336 e. The van der Waals surface area contributed by atoms with Crippen LogP contribution in [-0.2, 0) is 66.4 Å². The summed E-state index contributed by atoms with van der Waals surface area (Å²) in [6, 6.07) is 0. The number of hydrogen-bond acceptors (Lipinski definition) is 16. The van der Waals surface area contributed by atoms with E-state index in [1.165, 1.54) is 12.7 Å². The van der Waals surface area contributed by atoms with Gasteiger partial charge in [0, 0.05) is 46.7 Å². The second-order valence-electron chi connectivity index (χ2n) is 17.8. The maximum Gasteiger partial charge on any atom is 0.336 e. The van der Waals surface area contributed by atoms with Crippen molar-refractivity contribution < 1.29 is 76.6 Å². The van der Waals surface area contributed by atoms with Crippen LogP contribution in [0.1, 0.15) is 79.6 Å². The van der Waals surface area contributed by atoms with Crippen molar-refractivity contribution in [2.75, 3.05) is 27.9 Å². The van der Waals surface area contributed by atoms with E-state index >= 15 is 0 Å². The summed E-state index contributed by atoms with van der Waals surface area (Å²) in [5, 5.41) is 22.0. The minimum Gasteiger partial charge on any atom is -0.459 e. The molecule has 1 saturated carbocycles. The summed E-state index contributed by atoms with van der Waals surface area (Å²) in [4.78, 5) is 26.7. The van der Waals surface area contributed by atoms with Crippen molar-refractivity contribution in [1.29, 1.82) is 0 Å². The fourth-order valence-corrected chi connectivity index (χ4v) is 11.1. The zero-order chi connectivity index (χ0) is 41.3. The zero-order valence-electron chi connectivity index (χ0n) is 34.8. The number of allylic oxidation sites excluding steroid dienone is 2. The van der Waals surface area contributed by atoms with Crippen molar-refractivity contribution in [3.8, 4) is 0 Å². The monoisotopic (exact) mass is 822 g/mol. The van der Waals surface area contributed by atoms with E-state index in [1.54, 1.807) is 28.1 Å². The van der Waals surface area contributed by atoms with Crippen LogP contribution in [0, 0.1) is 23.2 Å². The number of aliphatic hydroxyl groups excluding tert-OH is 2. The molecule has 58 heavy (non-hydrogen) atoms. The van der Waals surface area contributed by atoms with Crippen molar-refractivity contribution in [1.82, 2.24) is 0 Å². The number of esters is 2. The Balaban J connectivity index is 0.889. The molecule has 0 amide bonds. The van der Waals surface area contributed by atoms with E-state index < -0.39 is 104 Å². The first-order chi connectivity index (χ1) is 27.7. The zero-order valence-corrected chi connectivity index (χ0v) is 34.8. The van der Waals surface area contributed by atoms with Crippen LogP contribution in [0.15, 0.2) is 23.3 Å². The lowest BCUT2D eigenvalue weighted by Gasteiger charge is -2.51. The number of hydrogen-bond donors (Lipinski definition) is 2. The lowest BCUT2D eigenvalue weighted by molar-refractivity contribution is -0.353. The molecule has 0 unspecified atom stereocenters. The molecule has 20 atom stereocenters. The average Bonchev–Trinajstić information content (AvgIpc) is 3.65. The Kier molecular flexibility index (Phi) is 12.2. The summed E-state index contributed by atoms with van der Waals surface area (Å²) < 4.78 is 72.7. The van der Waals surface area contributed by atoms with Crippen molar-refractivity contribution in [2.45, 2.75) is 177 Å². The SMILES string of the molecule is CO[C@@H]1[C@@H](O)[C@H](O[C@@H]2CC[C@]3(C)C(=CC[C@H]4C(=O)O[C@@H]5CO[C@]6(C)OC(=O)/C(=C/C[C@@H]43)[C@@H]56)C2)O[C@H](C)[C@H]1O[C@H]1C[C@H](OC)[C@@H](O[C@H]2C[C@H](OC)[C@H](O)[C@@H](C)O2)[C@H](C)O1. The van der Waals surface area contributed by atoms with Gasteiger partial charge in [-0.25, -0.2) is 4.79 Å². The number of aliphatic hydroxyl groups is 2. The van der Waals surface area contributed by atoms with Crippen molar-refractivity contribution in [3.05, 3.63) is 23.3 Å². The first-order valence-corrected chi connectivity index (χ1v) is 21.0. The number of ether oxygens (including phenoxy) is 12. The van der Waals surface area contributed by atoms with Gasteiger partial charge in [-0.3, -0.25) is 4.79 Å². The maximum atomic E-state index is 13.7. The van der Waals surface area contributed by atoms with E-state index in [0.717, 1.165) is 6.42 Å². The molecule has 6 heterocycles. The second kappa shape index (κ2) is 16.7. The van der Waals surface area contributed by atoms with E-state index in [4.69, 9.17) is 56.8 Å². The molecule has 0 radical (unpaired) electrons. The molecule has 0 bridgehead atoms. The van der Waals surface area contributed by atoms with Gasteiger partial charge in [-0.15, -0.1) is 0 Å². The highest BCUT2D eigenvalue weighted by Crippen LogP contribution is 2.56. The molecule has 2 aliphatic carbocycles. The predicted molar refractivity (Wildman–Crippen MR) is 199 cm³/mol. The van der Waals surface area contributed by atoms with Crippen LogP contribution in [-0.4, -0.2) is 148 Å². The Hall–Kier alpha value is -2.06. The van der Waals surface area contributed by atoms with E-state index in [1.807, 2.05) is 19.9 Å². The molecule has 326 valence electrons. The maximum absolute atomic E-state index is 13.7. The number of carbonyl (C=O) groups is 2. The fraction of sp³-hybridized carbons (Fsp3) is 0.857. The Morgan fingerprint density at radius 2 is 1.47 bits per heavy atom. The quantitative estimate of drug-likeness (QED) is 0.255. The van der Waals surface area contributed by atoms with E-state index in [0.29, 0.717) is 44.1 Å². The van der Waals surface area contributed by atoms with Gasteiger partial charge in [-0.2, -0.15) is 0 Å². The summed E-state index contributed by atoms with van der Waals surface area (Å²) in [5.74, 6) is -2.67. The minimum absolute atomic E-state index is 0.0780. The summed E-state index contributed by atoms with van der Waals surface area (Å²) in [5.41, 5.74) is 1.40. The van der Waals surface area contributed by atoms with Gasteiger partial charge in [0.05, 0.1) is 55.1 Å².